The summed E-state index contributed by atoms with van der Waals surface area (Å²) in [5.74, 6) is -0.860. The van der Waals surface area contributed by atoms with Gasteiger partial charge in [-0.3, -0.25) is 9.36 Å². The van der Waals surface area contributed by atoms with Gasteiger partial charge in [0.25, 0.3) is 0 Å². The second kappa shape index (κ2) is 8.00. The number of amides is 1. The van der Waals surface area contributed by atoms with Gasteiger partial charge >= 0.3 is 5.76 Å². The van der Waals surface area contributed by atoms with Crippen molar-refractivity contribution in [1.82, 2.24) is 9.47 Å². The van der Waals surface area contributed by atoms with Gasteiger partial charge in [-0.15, -0.1) is 0 Å². The van der Waals surface area contributed by atoms with E-state index in [9.17, 15) is 14.0 Å². The molecule has 28 heavy (non-hydrogen) atoms. The Kier molecular flexibility index (Phi) is 5.28. The third-order valence-electron chi connectivity index (χ3n) is 5.51. The number of hydrogen-bond acceptors (Lipinski definition) is 3. The summed E-state index contributed by atoms with van der Waals surface area (Å²) in [5.41, 5.74) is 2.10. The number of aromatic nitrogens is 1. The fraction of sp³-hybridized carbons (Fsp3) is 0.364. The lowest BCUT2D eigenvalue weighted by Crippen LogP contribution is -2.43. The Morgan fingerprint density at radius 1 is 1.11 bits per heavy atom. The standard InChI is InChI=1S/C22H23FN2O3/c23-17-11-9-16(10-12-17)13-14-24(18-5-1-2-6-18)21(26)15-25-19-7-3-4-8-20(19)28-22(25)27/h3-4,7-12,18H,1-2,5-6,13-15H2. The van der Waals surface area contributed by atoms with Crippen molar-refractivity contribution in [3.05, 3.63) is 70.5 Å². The summed E-state index contributed by atoms with van der Waals surface area (Å²) < 4.78 is 19.8. The lowest BCUT2D eigenvalue weighted by atomic mass is 10.1. The predicted molar refractivity (Wildman–Crippen MR) is 105 cm³/mol. The van der Waals surface area contributed by atoms with Crippen LogP contribution in [0.2, 0.25) is 0 Å². The van der Waals surface area contributed by atoms with Crippen LogP contribution < -0.4 is 5.76 Å². The predicted octanol–water partition coefficient (Wildman–Crippen LogP) is 3.75. The summed E-state index contributed by atoms with van der Waals surface area (Å²) in [6.45, 7) is 0.523. The summed E-state index contributed by atoms with van der Waals surface area (Å²) in [6, 6.07) is 13.7. The van der Waals surface area contributed by atoms with E-state index >= 15 is 0 Å². The molecule has 0 unspecified atom stereocenters. The first-order chi connectivity index (χ1) is 13.6. The summed E-state index contributed by atoms with van der Waals surface area (Å²) >= 11 is 0. The van der Waals surface area contributed by atoms with Crippen molar-refractivity contribution in [2.45, 2.75) is 44.7 Å². The number of nitrogens with zero attached hydrogens (tertiary/aromatic N) is 2. The summed E-state index contributed by atoms with van der Waals surface area (Å²) in [5, 5.41) is 0. The van der Waals surface area contributed by atoms with E-state index in [1.807, 2.05) is 11.0 Å². The van der Waals surface area contributed by atoms with Gasteiger partial charge in [-0.2, -0.15) is 0 Å². The van der Waals surface area contributed by atoms with E-state index in [0.717, 1.165) is 31.2 Å². The molecule has 0 aliphatic heterocycles. The fourth-order valence-corrected chi connectivity index (χ4v) is 4.02. The minimum absolute atomic E-state index is 0.0320. The SMILES string of the molecule is O=C(Cn1c(=O)oc2ccccc21)N(CCc1ccc(F)cc1)C1CCCC1. The highest BCUT2D eigenvalue weighted by Gasteiger charge is 2.27. The van der Waals surface area contributed by atoms with Crippen molar-refractivity contribution in [2.24, 2.45) is 0 Å². The van der Waals surface area contributed by atoms with Crippen LogP contribution in [-0.2, 0) is 17.8 Å². The maximum absolute atomic E-state index is 13.1. The van der Waals surface area contributed by atoms with E-state index in [1.165, 1.54) is 16.7 Å². The molecule has 1 heterocycles. The maximum atomic E-state index is 13.1. The third kappa shape index (κ3) is 3.86. The third-order valence-corrected chi connectivity index (χ3v) is 5.51. The highest BCUT2D eigenvalue weighted by atomic mass is 19.1. The molecule has 0 N–H and O–H groups in total. The van der Waals surface area contributed by atoms with Crippen LogP contribution in [0.4, 0.5) is 4.39 Å². The smallest absolute Gasteiger partial charge is 0.408 e. The maximum Gasteiger partial charge on any atom is 0.420 e. The van der Waals surface area contributed by atoms with Crippen molar-refractivity contribution in [3.63, 3.8) is 0 Å². The van der Waals surface area contributed by atoms with E-state index in [4.69, 9.17) is 4.42 Å². The molecule has 0 saturated heterocycles. The number of carbonyl (C=O) groups excluding carboxylic acids is 1. The van der Waals surface area contributed by atoms with Gasteiger partial charge in [0, 0.05) is 12.6 Å². The van der Waals surface area contributed by atoms with Crippen LogP contribution in [0.5, 0.6) is 0 Å². The van der Waals surface area contributed by atoms with Crippen molar-refractivity contribution < 1.29 is 13.6 Å². The first kappa shape index (κ1) is 18.5. The average molecular weight is 382 g/mol. The van der Waals surface area contributed by atoms with Gasteiger partial charge in [0.15, 0.2) is 5.58 Å². The molecule has 146 valence electrons. The zero-order chi connectivity index (χ0) is 19.5. The first-order valence-electron chi connectivity index (χ1n) is 9.74. The van der Waals surface area contributed by atoms with Crippen LogP contribution in [0.15, 0.2) is 57.7 Å². The molecule has 1 aliphatic rings. The number of oxazole rings is 1. The molecule has 1 aromatic heterocycles. The normalized spacial score (nSPS) is 14.6. The van der Waals surface area contributed by atoms with E-state index in [0.29, 0.717) is 24.1 Å². The molecule has 0 radical (unpaired) electrons. The Morgan fingerprint density at radius 3 is 2.57 bits per heavy atom. The molecule has 5 nitrogen and oxygen atoms in total. The van der Waals surface area contributed by atoms with Gasteiger partial charge in [-0.05, 0) is 49.1 Å². The molecule has 1 saturated carbocycles. The molecule has 3 aromatic rings. The minimum Gasteiger partial charge on any atom is -0.408 e. The lowest BCUT2D eigenvalue weighted by molar-refractivity contribution is -0.134. The average Bonchev–Trinajstić information content (AvgIpc) is 3.32. The molecule has 1 amide bonds. The second-order valence-corrected chi connectivity index (χ2v) is 7.32. The van der Waals surface area contributed by atoms with Gasteiger partial charge in [0.1, 0.15) is 12.4 Å². The monoisotopic (exact) mass is 382 g/mol. The molecule has 0 bridgehead atoms. The first-order valence-corrected chi connectivity index (χ1v) is 9.74. The molecule has 6 heteroatoms. The molecular formula is C22H23FN2O3. The van der Waals surface area contributed by atoms with Crippen LogP contribution in [0.25, 0.3) is 11.1 Å². The number of carbonyl (C=O) groups is 1. The van der Waals surface area contributed by atoms with E-state index in [1.54, 1.807) is 30.3 Å². The number of benzene rings is 2. The van der Waals surface area contributed by atoms with Gasteiger partial charge < -0.3 is 9.32 Å². The minimum atomic E-state index is -0.514. The van der Waals surface area contributed by atoms with Gasteiger partial charge in [-0.25, -0.2) is 9.18 Å². The Labute approximate surface area is 162 Å². The number of halogens is 1. The molecule has 4 rings (SSSR count). The fourth-order valence-electron chi connectivity index (χ4n) is 4.02. The van der Waals surface area contributed by atoms with Gasteiger partial charge in [0.05, 0.1) is 5.52 Å². The molecule has 2 aromatic carbocycles. The highest BCUT2D eigenvalue weighted by Crippen LogP contribution is 2.24. The summed E-state index contributed by atoms with van der Waals surface area (Å²) in [4.78, 5) is 27.2. The number of hydrogen-bond donors (Lipinski definition) is 0. The van der Waals surface area contributed by atoms with Crippen molar-refractivity contribution in [1.29, 1.82) is 0 Å². The van der Waals surface area contributed by atoms with Crippen molar-refractivity contribution in [2.75, 3.05) is 6.54 Å². The Bertz CT molecular complexity index is 1020. The van der Waals surface area contributed by atoms with E-state index < -0.39 is 5.76 Å². The molecule has 1 aliphatic carbocycles. The number of fused-ring (bicyclic) bond motifs is 1. The van der Waals surface area contributed by atoms with Crippen LogP contribution in [0, 0.1) is 5.82 Å². The number of rotatable bonds is 6. The highest BCUT2D eigenvalue weighted by molar-refractivity contribution is 5.80. The van der Waals surface area contributed by atoms with Gasteiger partial charge in [-0.1, -0.05) is 37.1 Å². The molecule has 0 spiro atoms. The summed E-state index contributed by atoms with van der Waals surface area (Å²) in [7, 11) is 0. The van der Waals surface area contributed by atoms with E-state index in [-0.39, 0.29) is 24.3 Å². The van der Waals surface area contributed by atoms with Crippen LogP contribution in [-0.4, -0.2) is 28.0 Å². The molecule has 1 fully saturated rings. The zero-order valence-corrected chi connectivity index (χ0v) is 15.6. The summed E-state index contributed by atoms with van der Waals surface area (Å²) in [6.07, 6.45) is 4.84. The molecular weight excluding hydrogens is 359 g/mol. The Morgan fingerprint density at radius 2 is 1.82 bits per heavy atom. The lowest BCUT2D eigenvalue weighted by Gasteiger charge is -2.29. The van der Waals surface area contributed by atoms with Crippen molar-refractivity contribution >= 4 is 17.0 Å². The second-order valence-electron chi connectivity index (χ2n) is 7.32. The Balaban J connectivity index is 1.53. The van der Waals surface area contributed by atoms with Crippen LogP contribution >= 0.6 is 0 Å². The Hall–Kier alpha value is -2.89. The largest absolute Gasteiger partial charge is 0.420 e. The van der Waals surface area contributed by atoms with Crippen LogP contribution in [0.3, 0.4) is 0 Å². The van der Waals surface area contributed by atoms with Crippen LogP contribution in [0.1, 0.15) is 31.2 Å². The van der Waals surface area contributed by atoms with E-state index in [2.05, 4.69) is 0 Å². The number of para-hydroxylation sites is 2. The molecule has 0 atom stereocenters. The zero-order valence-electron chi connectivity index (χ0n) is 15.6. The van der Waals surface area contributed by atoms with Crippen molar-refractivity contribution in [3.8, 4) is 0 Å². The van der Waals surface area contributed by atoms with Gasteiger partial charge in [0.2, 0.25) is 5.91 Å². The quantitative estimate of drug-likeness (QED) is 0.652. The topological polar surface area (TPSA) is 55.5 Å².